The summed E-state index contributed by atoms with van der Waals surface area (Å²) >= 11 is 0. The minimum absolute atomic E-state index is 0.389. The average Bonchev–Trinajstić information content (AvgIpc) is 3.08. The lowest BCUT2D eigenvalue weighted by Gasteiger charge is -2.54. The molecule has 2 heteroatoms. The standard InChI is InChI=1S/C20H30O2/c1-13(11-18(21)22)5-7-16-14(2)6-8-17-19(16,3)10-9-15-12-20(15,17)4/h11,15-17H,2,5-10,12H2,1,3-4H3,(H,21,22)/b13-11+/t15-,16-,17+,19+,20+/m0/s1. The Labute approximate surface area is 134 Å². The van der Waals surface area contributed by atoms with Gasteiger partial charge in [-0.15, -0.1) is 0 Å². The number of allylic oxidation sites excluding steroid dienone is 2. The summed E-state index contributed by atoms with van der Waals surface area (Å²) in [6.45, 7) is 11.4. The highest BCUT2D eigenvalue weighted by molar-refractivity contribution is 5.80. The molecule has 0 aromatic heterocycles. The Morgan fingerprint density at radius 3 is 2.77 bits per heavy atom. The van der Waals surface area contributed by atoms with Crippen LogP contribution in [-0.4, -0.2) is 11.1 Å². The summed E-state index contributed by atoms with van der Waals surface area (Å²) in [5, 5.41) is 8.89. The van der Waals surface area contributed by atoms with E-state index in [1.807, 2.05) is 6.92 Å². The molecule has 0 radical (unpaired) electrons. The first-order chi connectivity index (χ1) is 10.3. The van der Waals surface area contributed by atoms with Gasteiger partial charge in [-0.05, 0) is 80.5 Å². The van der Waals surface area contributed by atoms with E-state index in [1.165, 1.54) is 43.8 Å². The zero-order valence-corrected chi connectivity index (χ0v) is 14.3. The van der Waals surface area contributed by atoms with Crippen LogP contribution in [0.15, 0.2) is 23.8 Å². The molecule has 0 unspecified atom stereocenters. The molecule has 0 saturated heterocycles. The van der Waals surface area contributed by atoms with E-state index < -0.39 is 5.97 Å². The van der Waals surface area contributed by atoms with E-state index in [9.17, 15) is 4.79 Å². The number of hydrogen-bond acceptors (Lipinski definition) is 1. The molecule has 3 rings (SSSR count). The maximum Gasteiger partial charge on any atom is 0.328 e. The van der Waals surface area contributed by atoms with E-state index in [4.69, 9.17) is 5.11 Å². The molecule has 0 aromatic carbocycles. The van der Waals surface area contributed by atoms with Gasteiger partial charge in [0.2, 0.25) is 0 Å². The van der Waals surface area contributed by atoms with Crippen LogP contribution in [0.2, 0.25) is 0 Å². The smallest absolute Gasteiger partial charge is 0.328 e. The third-order valence-electron chi connectivity index (χ3n) is 7.32. The summed E-state index contributed by atoms with van der Waals surface area (Å²) in [6.07, 6.45) is 9.98. The van der Waals surface area contributed by atoms with Crippen LogP contribution < -0.4 is 0 Å². The summed E-state index contributed by atoms with van der Waals surface area (Å²) in [5.74, 6) is 1.57. The highest BCUT2D eigenvalue weighted by atomic mass is 16.4. The Bertz CT molecular complexity index is 532. The van der Waals surface area contributed by atoms with E-state index in [0.29, 0.717) is 16.7 Å². The summed E-state index contributed by atoms with van der Waals surface area (Å²) < 4.78 is 0. The summed E-state index contributed by atoms with van der Waals surface area (Å²) in [5.41, 5.74) is 3.39. The van der Waals surface area contributed by atoms with Crippen molar-refractivity contribution < 1.29 is 9.90 Å². The molecule has 0 aromatic rings. The topological polar surface area (TPSA) is 37.3 Å². The second-order valence-electron chi connectivity index (χ2n) is 8.62. The molecule has 0 aliphatic heterocycles. The fourth-order valence-electron chi connectivity index (χ4n) is 5.98. The first-order valence-electron chi connectivity index (χ1n) is 8.85. The fraction of sp³-hybridized carbons (Fsp3) is 0.750. The van der Waals surface area contributed by atoms with Crippen LogP contribution in [0, 0.1) is 28.6 Å². The molecule has 0 amide bonds. The van der Waals surface area contributed by atoms with Gasteiger partial charge in [0.15, 0.2) is 0 Å². The van der Waals surface area contributed by atoms with Crippen molar-refractivity contribution >= 4 is 5.97 Å². The number of carboxylic acid groups (broad SMARTS) is 1. The first-order valence-corrected chi connectivity index (χ1v) is 8.85. The maximum atomic E-state index is 10.8. The van der Waals surface area contributed by atoms with Crippen LogP contribution in [0.5, 0.6) is 0 Å². The summed E-state index contributed by atoms with van der Waals surface area (Å²) in [4.78, 5) is 10.8. The van der Waals surface area contributed by atoms with Crippen LogP contribution in [0.4, 0.5) is 0 Å². The van der Waals surface area contributed by atoms with Crippen LogP contribution in [0.3, 0.4) is 0 Å². The second kappa shape index (κ2) is 5.25. The van der Waals surface area contributed by atoms with Gasteiger partial charge in [0, 0.05) is 6.08 Å². The Balaban J connectivity index is 1.76. The molecule has 3 aliphatic rings. The molecular formula is C20H30O2. The minimum Gasteiger partial charge on any atom is -0.478 e. The van der Waals surface area contributed by atoms with Crippen molar-refractivity contribution in [1.29, 1.82) is 0 Å². The lowest BCUT2D eigenvalue weighted by atomic mass is 9.50. The number of aliphatic carboxylic acids is 1. The van der Waals surface area contributed by atoms with Crippen molar-refractivity contribution in [1.82, 2.24) is 0 Å². The van der Waals surface area contributed by atoms with Gasteiger partial charge in [0.1, 0.15) is 0 Å². The molecule has 2 nitrogen and oxygen atoms in total. The first kappa shape index (κ1) is 15.8. The van der Waals surface area contributed by atoms with Gasteiger partial charge in [-0.25, -0.2) is 4.79 Å². The van der Waals surface area contributed by atoms with Crippen molar-refractivity contribution in [3.8, 4) is 0 Å². The molecule has 122 valence electrons. The van der Waals surface area contributed by atoms with Gasteiger partial charge in [0.05, 0.1) is 0 Å². The molecule has 22 heavy (non-hydrogen) atoms. The number of carboxylic acids is 1. The number of hydrogen-bond donors (Lipinski definition) is 1. The monoisotopic (exact) mass is 302 g/mol. The maximum absolute atomic E-state index is 10.8. The van der Waals surface area contributed by atoms with E-state index in [-0.39, 0.29) is 0 Å². The van der Waals surface area contributed by atoms with Crippen LogP contribution in [0.1, 0.15) is 65.7 Å². The average molecular weight is 302 g/mol. The minimum atomic E-state index is -0.824. The Morgan fingerprint density at radius 1 is 1.36 bits per heavy atom. The highest BCUT2D eigenvalue weighted by Gasteiger charge is 2.64. The Kier molecular flexibility index (Phi) is 3.78. The van der Waals surface area contributed by atoms with Crippen molar-refractivity contribution in [3.63, 3.8) is 0 Å². The fourth-order valence-corrected chi connectivity index (χ4v) is 5.98. The van der Waals surface area contributed by atoms with E-state index in [1.54, 1.807) is 0 Å². The van der Waals surface area contributed by atoms with Crippen molar-refractivity contribution in [3.05, 3.63) is 23.8 Å². The lowest BCUT2D eigenvalue weighted by Crippen LogP contribution is -2.46. The number of carbonyl (C=O) groups is 1. The van der Waals surface area contributed by atoms with Crippen LogP contribution in [-0.2, 0) is 4.79 Å². The van der Waals surface area contributed by atoms with Crippen molar-refractivity contribution in [2.75, 3.05) is 0 Å². The van der Waals surface area contributed by atoms with Gasteiger partial charge in [-0.3, -0.25) is 0 Å². The SMILES string of the molecule is C=C1CC[C@@H]2[C@](C)(CC[C@H]3C[C@]32C)[C@H]1CC/C(C)=C/C(=O)O. The van der Waals surface area contributed by atoms with Crippen LogP contribution in [0.25, 0.3) is 0 Å². The van der Waals surface area contributed by atoms with Gasteiger partial charge < -0.3 is 5.11 Å². The van der Waals surface area contributed by atoms with E-state index in [0.717, 1.165) is 30.3 Å². The lowest BCUT2D eigenvalue weighted by molar-refractivity contribution is -0.131. The Hall–Kier alpha value is -1.05. The highest BCUT2D eigenvalue weighted by Crippen LogP contribution is 2.73. The van der Waals surface area contributed by atoms with Crippen LogP contribution >= 0.6 is 0 Å². The molecule has 0 spiro atoms. The summed E-state index contributed by atoms with van der Waals surface area (Å²) in [6, 6.07) is 0. The molecule has 0 bridgehead atoms. The third-order valence-corrected chi connectivity index (χ3v) is 7.32. The quantitative estimate of drug-likeness (QED) is 0.572. The number of fused-ring (bicyclic) bond motifs is 3. The van der Waals surface area contributed by atoms with E-state index in [2.05, 4.69) is 20.4 Å². The summed E-state index contributed by atoms with van der Waals surface area (Å²) in [7, 11) is 0. The predicted octanol–water partition coefficient (Wildman–Crippen LogP) is 5.21. The van der Waals surface area contributed by atoms with Gasteiger partial charge in [0.25, 0.3) is 0 Å². The molecule has 3 aliphatic carbocycles. The second-order valence-corrected chi connectivity index (χ2v) is 8.62. The normalized spacial score (nSPS) is 44.2. The van der Waals surface area contributed by atoms with Gasteiger partial charge in [-0.1, -0.05) is 31.6 Å². The third kappa shape index (κ3) is 2.45. The van der Waals surface area contributed by atoms with Crippen molar-refractivity contribution in [2.24, 2.45) is 28.6 Å². The molecule has 1 N–H and O–H groups in total. The predicted molar refractivity (Wildman–Crippen MR) is 89.5 cm³/mol. The largest absolute Gasteiger partial charge is 0.478 e. The van der Waals surface area contributed by atoms with Gasteiger partial charge in [-0.2, -0.15) is 0 Å². The number of rotatable bonds is 4. The van der Waals surface area contributed by atoms with E-state index >= 15 is 0 Å². The zero-order chi connectivity index (χ0) is 16.1. The van der Waals surface area contributed by atoms with Gasteiger partial charge >= 0.3 is 5.97 Å². The molecule has 3 saturated carbocycles. The van der Waals surface area contributed by atoms with Crippen molar-refractivity contribution in [2.45, 2.75) is 65.7 Å². The molecule has 0 heterocycles. The molecule has 3 fully saturated rings. The zero-order valence-electron chi connectivity index (χ0n) is 14.3. The Morgan fingerprint density at radius 2 is 2.09 bits per heavy atom. The molecular weight excluding hydrogens is 272 g/mol. The molecule has 5 atom stereocenters.